The molecule has 1 heterocycles. The van der Waals surface area contributed by atoms with Gasteiger partial charge in [-0.15, -0.1) is 0 Å². The summed E-state index contributed by atoms with van der Waals surface area (Å²) in [5, 5.41) is 3.42. The van der Waals surface area contributed by atoms with Gasteiger partial charge in [-0.25, -0.2) is 0 Å². The van der Waals surface area contributed by atoms with Crippen LogP contribution in [0.3, 0.4) is 0 Å². The number of hydrogen-bond acceptors (Lipinski definition) is 4. The third kappa shape index (κ3) is 3.55. The summed E-state index contributed by atoms with van der Waals surface area (Å²) in [6, 6.07) is 2.22. The molecule has 0 saturated heterocycles. The van der Waals surface area contributed by atoms with Crippen molar-refractivity contribution in [2.45, 2.75) is 45.2 Å². The Bertz CT molecular complexity index is 466. The predicted octanol–water partition coefficient (Wildman–Crippen LogP) is 2.42. The Morgan fingerprint density at radius 2 is 2.00 bits per heavy atom. The van der Waals surface area contributed by atoms with Crippen molar-refractivity contribution in [2.75, 3.05) is 39.1 Å². The van der Waals surface area contributed by atoms with E-state index in [1.165, 1.54) is 30.5 Å². The minimum absolute atomic E-state index is 0.349. The summed E-state index contributed by atoms with van der Waals surface area (Å²) < 4.78 is 0. The summed E-state index contributed by atoms with van der Waals surface area (Å²) in [4.78, 5) is 9.29. The third-order valence-electron chi connectivity index (χ3n) is 4.84. The van der Waals surface area contributed by atoms with Crippen LogP contribution >= 0.6 is 0 Å². The highest BCUT2D eigenvalue weighted by atomic mass is 15.2. The van der Waals surface area contributed by atoms with Crippen LogP contribution in [0.1, 0.15) is 37.4 Å². The van der Waals surface area contributed by atoms with Crippen LogP contribution in [-0.4, -0.2) is 49.7 Å². The maximum atomic E-state index is 4.46. The zero-order valence-corrected chi connectivity index (χ0v) is 14.2. The molecule has 1 saturated carbocycles. The van der Waals surface area contributed by atoms with Gasteiger partial charge in [0, 0.05) is 48.8 Å². The van der Waals surface area contributed by atoms with Gasteiger partial charge in [-0.2, -0.15) is 0 Å². The SMILES string of the molecule is CCNCc1cnc(C)cc1N(C)CC1(N(C)C)CCC1. The van der Waals surface area contributed by atoms with Gasteiger partial charge in [0.1, 0.15) is 0 Å². The second-order valence-corrected chi connectivity index (χ2v) is 6.56. The summed E-state index contributed by atoms with van der Waals surface area (Å²) in [6.45, 7) is 7.17. The first-order chi connectivity index (χ1) is 9.98. The van der Waals surface area contributed by atoms with Crippen molar-refractivity contribution in [1.82, 2.24) is 15.2 Å². The summed E-state index contributed by atoms with van der Waals surface area (Å²) in [5.74, 6) is 0. The average Bonchev–Trinajstić information content (AvgIpc) is 2.40. The highest BCUT2D eigenvalue weighted by Crippen LogP contribution is 2.37. The van der Waals surface area contributed by atoms with Crippen LogP contribution in [0.25, 0.3) is 0 Å². The Hall–Kier alpha value is -1.13. The van der Waals surface area contributed by atoms with Gasteiger partial charge >= 0.3 is 0 Å². The molecule has 0 aliphatic heterocycles. The minimum Gasteiger partial charge on any atom is -0.372 e. The molecule has 1 aromatic rings. The normalized spacial score (nSPS) is 16.9. The molecule has 118 valence electrons. The molecule has 0 bridgehead atoms. The number of anilines is 1. The number of likely N-dealkylation sites (N-methyl/N-ethyl adjacent to an activating group) is 2. The first-order valence-electron chi connectivity index (χ1n) is 8.03. The molecule has 0 radical (unpaired) electrons. The van der Waals surface area contributed by atoms with E-state index >= 15 is 0 Å². The van der Waals surface area contributed by atoms with E-state index in [-0.39, 0.29) is 0 Å². The molecule has 0 spiro atoms. The highest BCUT2D eigenvalue weighted by Gasteiger charge is 2.40. The van der Waals surface area contributed by atoms with Gasteiger partial charge in [0.05, 0.1) is 0 Å². The summed E-state index contributed by atoms with van der Waals surface area (Å²) in [7, 11) is 6.64. The quantitative estimate of drug-likeness (QED) is 0.836. The number of aromatic nitrogens is 1. The molecule has 1 fully saturated rings. The molecule has 2 rings (SSSR count). The standard InChI is InChI=1S/C17H30N4/c1-6-18-11-15-12-19-14(2)10-16(15)21(5)13-17(20(3)4)8-7-9-17/h10,12,18H,6-9,11,13H2,1-5H3. The first-order valence-corrected chi connectivity index (χ1v) is 8.03. The fourth-order valence-electron chi connectivity index (χ4n) is 3.18. The molecule has 1 aliphatic carbocycles. The van der Waals surface area contributed by atoms with Crippen molar-refractivity contribution in [3.63, 3.8) is 0 Å². The summed E-state index contributed by atoms with van der Waals surface area (Å²) >= 11 is 0. The van der Waals surface area contributed by atoms with E-state index in [9.17, 15) is 0 Å². The average molecular weight is 290 g/mol. The minimum atomic E-state index is 0.349. The maximum Gasteiger partial charge on any atom is 0.0443 e. The van der Waals surface area contributed by atoms with Gasteiger partial charge in [0.2, 0.25) is 0 Å². The molecule has 21 heavy (non-hydrogen) atoms. The lowest BCUT2D eigenvalue weighted by Crippen LogP contribution is -2.56. The zero-order valence-electron chi connectivity index (χ0n) is 14.2. The number of nitrogens with zero attached hydrogens (tertiary/aromatic N) is 3. The molecule has 1 aliphatic rings. The maximum absolute atomic E-state index is 4.46. The van der Waals surface area contributed by atoms with Crippen molar-refractivity contribution in [3.8, 4) is 0 Å². The van der Waals surface area contributed by atoms with Crippen molar-refractivity contribution in [2.24, 2.45) is 0 Å². The Balaban J connectivity index is 2.17. The van der Waals surface area contributed by atoms with E-state index in [0.717, 1.165) is 25.3 Å². The summed E-state index contributed by atoms with van der Waals surface area (Å²) in [6.07, 6.45) is 5.98. The highest BCUT2D eigenvalue weighted by molar-refractivity contribution is 5.53. The lowest BCUT2D eigenvalue weighted by molar-refractivity contribution is 0.0683. The first kappa shape index (κ1) is 16.2. The summed E-state index contributed by atoms with van der Waals surface area (Å²) in [5.41, 5.74) is 4.04. The van der Waals surface area contributed by atoms with Crippen LogP contribution in [0.5, 0.6) is 0 Å². The monoisotopic (exact) mass is 290 g/mol. The van der Waals surface area contributed by atoms with E-state index in [0.29, 0.717) is 5.54 Å². The van der Waals surface area contributed by atoms with E-state index < -0.39 is 0 Å². The van der Waals surface area contributed by atoms with E-state index in [1.807, 2.05) is 6.20 Å². The van der Waals surface area contributed by atoms with Crippen LogP contribution in [0.2, 0.25) is 0 Å². The molecule has 1 N–H and O–H groups in total. The van der Waals surface area contributed by atoms with Crippen molar-refractivity contribution in [1.29, 1.82) is 0 Å². The van der Waals surface area contributed by atoms with Gasteiger partial charge in [-0.05, 0) is 52.9 Å². The Morgan fingerprint density at radius 3 is 2.52 bits per heavy atom. The van der Waals surface area contributed by atoms with E-state index in [4.69, 9.17) is 0 Å². The molecule has 0 amide bonds. The molecule has 0 atom stereocenters. The molecule has 0 unspecified atom stereocenters. The van der Waals surface area contributed by atoms with Crippen LogP contribution < -0.4 is 10.2 Å². The number of pyridine rings is 1. The largest absolute Gasteiger partial charge is 0.372 e. The smallest absolute Gasteiger partial charge is 0.0443 e. The lowest BCUT2D eigenvalue weighted by Gasteiger charge is -2.49. The van der Waals surface area contributed by atoms with Crippen molar-refractivity contribution in [3.05, 3.63) is 23.5 Å². The second-order valence-electron chi connectivity index (χ2n) is 6.56. The number of nitrogens with one attached hydrogen (secondary N) is 1. The Morgan fingerprint density at radius 1 is 1.29 bits per heavy atom. The van der Waals surface area contributed by atoms with E-state index in [1.54, 1.807) is 0 Å². The van der Waals surface area contributed by atoms with Crippen LogP contribution in [0, 0.1) is 6.92 Å². The van der Waals surface area contributed by atoms with Crippen LogP contribution in [0.4, 0.5) is 5.69 Å². The van der Waals surface area contributed by atoms with Gasteiger partial charge in [0.15, 0.2) is 0 Å². The van der Waals surface area contributed by atoms with Crippen LogP contribution in [-0.2, 0) is 6.54 Å². The van der Waals surface area contributed by atoms with Gasteiger partial charge in [-0.3, -0.25) is 4.98 Å². The number of rotatable bonds is 7. The molecule has 0 aromatic carbocycles. The fourth-order valence-corrected chi connectivity index (χ4v) is 3.18. The van der Waals surface area contributed by atoms with Gasteiger partial charge < -0.3 is 15.1 Å². The van der Waals surface area contributed by atoms with Crippen molar-refractivity contribution < 1.29 is 0 Å². The Labute approximate surface area is 129 Å². The molecule has 4 nitrogen and oxygen atoms in total. The molecule has 1 aromatic heterocycles. The predicted molar refractivity (Wildman–Crippen MR) is 89.9 cm³/mol. The number of aryl methyl sites for hydroxylation is 1. The second kappa shape index (κ2) is 6.75. The lowest BCUT2D eigenvalue weighted by atomic mass is 9.75. The number of hydrogen-bond donors (Lipinski definition) is 1. The zero-order chi connectivity index (χ0) is 15.5. The van der Waals surface area contributed by atoms with Crippen LogP contribution in [0.15, 0.2) is 12.3 Å². The molecular formula is C17H30N4. The van der Waals surface area contributed by atoms with Gasteiger partial charge in [0.25, 0.3) is 0 Å². The fraction of sp³-hybridized carbons (Fsp3) is 0.706. The topological polar surface area (TPSA) is 31.4 Å². The third-order valence-corrected chi connectivity index (χ3v) is 4.84. The van der Waals surface area contributed by atoms with E-state index in [2.05, 4.69) is 61.2 Å². The van der Waals surface area contributed by atoms with Crippen molar-refractivity contribution >= 4 is 5.69 Å². The van der Waals surface area contributed by atoms with Gasteiger partial charge in [-0.1, -0.05) is 6.92 Å². The Kier molecular flexibility index (Phi) is 5.22. The molecule has 4 heteroatoms. The molecular weight excluding hydrogens is 260 g/mol.